The Morgan fingerprint density at radius 3 is 2.45 bits per heavy atom. The first-order chi connectivity index (χ1) is 15.1. The van der Waals surface area contributed by atoms with Gasteiger partial charge in [-0.1, -0.05) is 48.5 Å². The van der Waals surface area contributed by atoms with E-state index in [0.717, 1.165) is 41.6 Å². The molecule has 0 radical (unpaired) electrons. The molecule has 1 N–H and O–H groups in total. The smallest absolute Gasteiger partial charge is 0.263 e. The number of fused-ring (bicyclic) bond motifs is 3. The van der Waals surface area contributed by atoms with Crippen LogP contribution in [-0.2, 0) is 17.6 Å². The van der Waals surface area contributed by atoms with Crippen LogP contribution in [0, 0.1) is 0 Å². The highest BCUT2D eigenvalue weighted by atomic mass is 32.1. The standard InChI is InChI=1S/C25H23N3O2S/c1-16(23(29)26-18-12-6-3-7-13-18)28-22(17-10-4-2-5-11-17)27-24-21(25(28)30)19-14-8-9-15-20(19)31-24/h2-7,10-13,16H,8-9,14-15H2,1H3,(H,26,29). The molecule has 1 aliphatic carbocycles. The van der Waals surface area contributed by atoms with Crippen molar-refractivity contribution in [2.45, 2.75) is 38.6 Å². The molecule has 1 aliphatic rings. The molecular weight excluding hydrogens is 406 g/mol. The lowest BCUT2D eigenvalue weighted by Crippen LogP contribution is -2.33. The Labute approximate surface area is 184 Å². The first-order valence-electron chi connectivity index (χ1n) is 10.6. The lowest BCUT2D eigenvalue weighted by molar-refractivity contribution is -0.118. The quantitative estimate of drug-likeness (QED) is 0.485. The van der Waals surface area contributed by atoms with Gasteiger partial charge in [-0.25, -0.2) is 4.98 Å². The molecule has 0 spiro atoms. The summed E-state index contributed by atoms with van der Waals surface area (Å²) in [7, 11) is 0. The van der Waals surface area contributed by atoms with Gasteiger partial charge >= 0.3 is 0 Å². The zero-order valence-corrected chi connectivity index (χ0v) is 18.1. The van der Waals surface area contributed by atoms with Crippen molar-refractivity contribution in [1.82, 2.24) is 9.55 Å². The molecule has 1 amide bonds. The van der Waals surface area contributed by atoms with Crippen LogP contribution in [0.1, 0.15) is 36.2 Å². The lowest BCUT2D eigenvalue weighted by Gasteiger charge is -2.19. The van der Waals surface area contributed by atoms with Gasteiger partial charge in [-0.3, -0.25) is 14.2 Å². The molecule has 2 heterocycles. The molecule has 5 nitrogen and oxygen atoms in total. The van der Waals surface area contributed by atoms with Crippen molar-refractivity contribution >= 4 is 33.1 Å². The summed E-state index contributed by atoms with van der Waals surface area (Å²) in [6.07, 6.45) is 4.14. The summed E-state index contributed by atoms with van der Waals surface area (Å²) in [4.78, 5) is 33.9. The number of aryl methyl sites for hydroxylation is 2. The fraction of sp³-hybridized carbons (Fsp3) is 0.240. The molecule has 31 heavy (non-hydrogen) atoms. The maximum atomic E-state index is 13.8. The van der Waals surface area contributed by atoms with Crippen molar-refractivity contribution in [3.8, 4) is 11.4 Å². The van der Waals surface area contributed by atoms with E-state index in [2.05, 4.69) is 5.32 Å². The molecule has 1 unspecified atom stereocenters. The summed E-state index contributed by atoms with van der Waals surface area (Å²) >= 11 is 1.63. The minimum absolute atomic E-state index is 0.126. The highest BCUT2D eigenvalue weighted by molar-refractivity contribution is 7.18. The van der Waals surface area contributed by atoms with Gasteiger partial charge < -0.3 is 5.32 Å². The van der Waals surface area contributed by atoms with Gasteiger partial charge in [-0.2, -0.15) is 0 Å². The van der Waals surface area contributed by atoms with Crippen molar-refractivity contribution in [3.05, 3.63) is 81.5 Å². The molecule has 6 heteroatoms. The van der Waals surface area contributed by atoms with E-state index in [1.54, 1.807) is 22.8 Å². The van der Waals surface area contributed by atoms with Crippen molar-refractivity contribution in [2.24, 2.45) is 0 Å². The van der Waals surface area contributed by atoms with Crippen LogP contribution in [0.15, 0.2) is 65.5 Å². The van der Waals surface area contributed by atoms with Gasteiger partial charge in [0, 0.05) is 16.1 Å². The van der Waals surface area contributed by atoms with E-state index in [1.165, 1.54) is 4.88 Å². The normalized spacial score (nSPS) is 14.2. The van der Waals surface area contributed by atoms with E-state index in [4.69, 9.17) is 4.98 Å². The van der Waals surface area contributed by atoms with Crippen LogP contribution in [-0.4, -0.2) is 15.5 Å². The number of aromatic nitrogens is 2. The molecule has 5 rings (SSSR count). The molecule has 0 saturated heterocycles. The number of hydrogen-bond donors (Lipinski definition) is 1. The highest BCUT2D eigenvalue weighted by Gasteiger charge is 2.27. The number of thiophene rings is 1. The molecule has 1 atom stereocenters. The number of hydrogen-bond acceptors (Lipinski definition) is 4. The van der Waals surface area contributed by atoms with Crippen molar-refractivity contribution in [2.75, 3.05) is 5.32 Å². The minimum atomic E-state index is -0.709. The summed E-state index contributed by atoms with van der Waals surface area (Å²) in [5, 5.41) is 3.62. The predicted molar refractivity (Wildman–Crippen MR) is 126 cm³/mol. The summed E-state index contributed by atoms with van der Waals surface area (Å²) < 4.78 is 1.57. The fourth-order valence-corrected chi connectivity index (χ4v) is 5.50. The third-order valence-electron chi connectivity index (χ3n) is 5.86. The van der Waals surface area contributed by atoms with Gasteiger partial charge in [0.05, 0.1) is 5.39 Å². The first-order valence-corrected chi connectivity index (χ1v) is 11.4. The van der Waals surface area contributed by atoms with Crippen LogP contribution in [0.2, 0.25) is 0 Å². The Bertz CT molecular complexity index is 1310. The Morgan fingerprint density at radius 2 is 1.71 bits per heavy atom. The summed E-state index contributed by atoms with van der Waals surface area (Å²) in [5.74, 6) is 0.295. The van der Waals surface area contributed by atoms with Crippen molar-refractivity contribution in [3.63, 3.8) is 0 Å². The maximum absolute atomic E-state index is 13.8. The van der Waals surface area contributed by atoms with Gasteiger partial charge in [0.2, 0.25) is 5.91 Å². The largest absolute Gasteiger partial charge is 0.324 e. The van der Waals surface area contributed by atoms with Crippen LogP contribution >= 0.6 is 11.3 Å². The van der Waals surface area contributed by atoms with Crippen LogP contribution in [0.5, 0.6) is 0 Å². The Morgan fingerprint density at radius 1 is 1.03 bits per heavy atom. The fourth-order valence-electron chi connectivity index (χ4n) is 4.25. The molecular formula is C25H23N3O2S. The number of rotatable bonds is 4. The minimum Gasteiger partial charge on any atom is -0.324 e. The number of carbonyl (C=O) groups excluding carboxylic acids is 1. The molecule has 0 fully saturated rings. The molecule has 0 saturated carbocycles. The van der Waals surface area contributed by atoms with Crippen LogP contribution < -0.4 is 10.9 Å². The van der Waals surface area contributed by atoms with E-state index in [1.807, 2.05) is 60.7 Å². The lowest BCUT2D eigenvalue weighted by atomic mass is 9.97. The molecule has 4 aromatic rings. The third kappa shape index (κ3) is 3.57. The monoisotopic (exact) mass is 429 g/mol. The molecule has 2 aromatic heterocycles. The second-order valence-corrected chi connectivity index (χ2v) is 8.98. The van der Waals surface area contributed by atoms with E-state index in [9.17, 15) is 9.59 Å². The highest BCUT2D eigenvalue weighted by Crippen LogP contribution is 2.35. The van der Waals surface area contributed by atoms with Crippen LogP contribution in [0.4, 0.5) is 5.69 Å². The van der Waals surface area contributed by atoms with Crippen molar-refractivity contribution < 1.29 is 4.79 Å². The first kappa shape index (κ1) is 19.7. The SMILES string of the molecule is CC(C(=O)Nc1ccccc1)n1c(-c2ccccc2)nc2sc3c(c2c1=O)CCCC3. The van der Waals surface area contributed by atoms with E-state index in [-0.39, 0.29) is 11.5 Å². The Balaban J connectivity index is 1.68. The topological polar surface area (TPSA) is 64.0 Å². The number of nitrogens with zero attached hydrogens (tertiary/aromatic N) is 2. The van der Waals surface area contributed by atoms with E-state index >= 15 is 0 Å². The van der Waals surface area contributed by atoms with Gasteiger partial charge in [0.1, 0.15) is 16.7 Å². The maximum Gasteiger partial charge on any atom is 0.263 e. The Kier molecular flexibility index (Phi) is 5.16. The second kappa shape index (κ2) is 8.12. The van der Waals surface area contributed by atoms with Gasteiger partial charge in [-0.05, 0) is 50.3 Å². The molecule has 2 aromatic carbocycles. The van der Waals surface area contributed by atoms with Gasteiger partial charge in [0.25, 0.3) is 5.56 Å². The van der Waals surface area contributed by atoms with Crippen LogP contribution in [0.3, 0.4) is 0 Å². The van der Waals surface area contributed by atoms with Gasteiger partial charge in [-0.15, -0.1) is 11.3 Å². The van der Waals surface area contributed by atoms with E-state index < -0.39 is 6.04 Å². The number of amides is 1. The number of benzene rings is 2. The van der Waals surface area contributed by atoms with Gasteiger partial charge in [0.15, 0.2) is 0 Å². The van der Waals surface area contributed by atoms with Crippen LogP contribution in [0.25, 0.3) is 21.6 Å². The number of para-hydroxylation sites is 1. The molecule has 156 valence electrons. The average Bonchev–Trinajstić information content (AvgIpc) is 3.18. The number of anilines is 1. The summed E-state index contributed by atoms with van der Waals surface area (Å²) in [6.45, 7) is 1.76. The number of carbonyl (C=O) groups is 1. The third-order valence-corrected chi connectivity index (χ3v) is 7.05. The molecule has 0 bridgehead atoms. The molecule has 0 aliphatic heterocycles. The average molecular weight is 430 g/mol. The van der Waals surface area contributed by atoms with Crippen molar-refractivity contribution in [1.29, 1.82) is 0 Å². The predicted octanol–water partition coefficient (Wildman–Crippen LogP) is 5.20. The van der Waals surface area contributed by atoms with E-state index in [0.29, 0.717) is 16.9 Å². The summed E-state index contributed by atoms with van der Waals surface area (Å²) in [5.41, 5.74) is 2.54. The zero-order valence-electron chi connectivity index (χ0n) is 17.3. The number of nitrogens with one attached hydrogen (secondary N) is 1. The second-order valence-electron chi connectivity index (χ2n) is 7.90. The summed E-state index contributed by atoms with van der Waals surface area (Å²) in [6, 6.07) is 18.2. The Hall–Kier alpha value is -3.25. The zero-order chi connectivity index (χ0) is 21.4.